The molecule has 2 amide bonds. The normalized spacial score (nSPS) is 13.2. The third-order valence-corrected chi connectivity index (χ3v) is 5.88. The van der Waals surface area contributed by atoms with Gasteiger partial charge in [-0.2, -0.15) is 13.2 Å². The average Bonchev–Trinajstić information content (AvgIpc) is 2.76. The van der Waals surface area contributed by atoms with Crippen molar-refractivity contribution in [2.45, 2.75) is 28.5 Å². The maximum absolute atomic E-state index is 12.8. The minimum Gasteiger partial charge on any atom is -0.373 e. The van der Waals surface area contributed by atoms with E-state index in [2.05, 4.69) is 5.32 Å². The molecule has 0 aromatic heterocycles. The summed E-state index contributed by atoms with van der Waals surface area (Å²) < 4.78 is 38.4. The second-order valence-electron chi connectivity index (χ2n) is 7.11. The van der Waals surface area contributed by atoms with Crippen LogP contribution in [-0.4, -0.2) is 28.7 Å². The molecule has 0 aliphatic heterocycles. The van der Waals surface area contributed by atoms with E-state index >= 15 is 0 Å². The highest BCUT2D eigenvalue weighted by Crippen LogP contribution is 2.35. The van der Waals surface area contributed by atoms with Crippen LogP contribution in [0.5, 0.6) is 0 Å². The first kappa shape index (κ1) is 24.6. The highest BCUT2D eigenvalue weighted by Gasteiger charge is 2.55. The molecule has 1 atom stereocenters. The van der Waals surface area contributed by atoms with Gasteiger partial charge >= 0.3 is 6.18 Å². The zero-order valence-electron chi connectivity index (χ0n) is 17.1. The summed E-state index contributed by atoms with van der Waals surface area (Å²) in [5.74, 6) is -1.87. The van der Waals surface area contributed by atoms with E-state index in [0.717, 1.165) is 4.90 Å². The van der Waals surface area contributed by atoms with E-state index < -0.39 is 17.7 Å². The van der Waals surface area contributed by atoms with Gasteiger partial charge < -0.3 is 15.7 Å². The fourth-order valence-electron chi connectivity index (χ4n) is 2.57. The van der Waals surface area contributed by atoms with Crippen LogP contribution in [0.25, 0.3) is 0 Å². The molecule has 0 heterocycles. The van der Waals surface area contributed by atoms with Gasteiger partial charge in [0.05, 0.1) is 10.7 Å². The molecule has 0 fully saturated rings. The topological polar surface area (TPSA) is 78.4 Å². The van der Waals surface area contributed by atoms with E-state index in [4.69, 9.17) is 11.6 Å². The second kappa shape index (κ2) is 9.86. The predicted molar refractivity (Wildman–Crippen MR) is 122 cm³/mol. The number of benzene rings is 3. The zero-order valence-corrected chi connectivity index (χ0v) is 18.7. The predicted octanol–water partition coefficient (Wildman–Crippen LogP) is 6.00. The van der Waals surface area contributed by atoms with Gasteiger partial charge in [-0.3, -0.25) is 9.59 Å². The summed E-state index contributed by atoms with van der Waals surface area (Å²) in [4.78, 5) is 25.5. The van der Waals surface area contributed by atoms with E-state index in [9.17, 15) is 27.9 Å². The third kappa shape index (κ3) is 6.07. The van der Waals surface area contributed by atoms with Crippen LogP contribution >= 0.6 is 23.4 Å². The van der Waals surface area contributed by atoms with Crippen molar-refractivity contribution in [3.63, 3.8) is 0 Å². The standard InChI is InChI=1S/C23H18ClF3N2O3S/c1-22(32,23(25,26)27)21(31)29-19-12-11-17(13-18(19)24)33-16-9-7-15(8-10-16)28-20(30)14-5-3-2-4-6-14/h2-13,32H,1H3,(H,28,30)(H,29,31). The van der Waals surface area contributed by atoms with Crippen molar-refractivity contribution in [3.8, 4) is 0 Å². The van der Waals surface area contributed by atoms with Crippen molar-refractivity contribution >= 4 is 46.6 Å². The first-order chi connectivity index (χ1) is 15.5. The molecule has 0 aliphatic rings. The van der Waals surface area contributed by atoms with Crippen LogP contribution in [0.3, 0.4) is 0 Å². The first-order valence-electron chi connectivity index (χ1n) is 9.52. The Hall–Kier alpha value is -3.01. The number of hydrogen-bond acceptors (Lipinski definition) is 4. The van der Waals surface area contributed by atoms with Crippen molar-refractivity contribution in [2.24, 2.45) is 0 Å². The monoisotopic (exact) mass is 494 g/mol. The fraction of sp³-hybridized carbons (Fsp3) is 0.130. The maximum Gasteiger partial charge on any atom is 0.426 e. The van der Waals surface area contributed by atoms with Crippen molar-refractivity contribution in [1.29, 1.82) is 0 Å². The molecule has 3 N–H and O–H groups in total. The van der Waals surface area contributed by atoms with Crippen LogP contribution in [0.15, 0.2) is 82.6 Å². The number of amides is 2. The summed E-state index contributed by atoms with van der Waals surface area (Å²) in [5, 5.41) is 14.3. The Balaban J connectivity index is 1.64. The lowest BCUT2D eigenvalue weighted by atomic mass is 10.1. The molecular weight excluding hydrogens is 477 g/mol. The summed E-state index contributed by atoms with van der Waals surface area (Å²) in [6.07, 6.45) is -5.13. The molecule has 0 saturated heterocycles. The molecule has 3 aromatic rings. The molecule has 0 radical (unpaired) electrons. The number of nitrogens with one attached hydrogen (secondary N) is 2. The van der Waals surface area contributed by atoms with Crippen LogP contribution in [-0.2, 0) is 4.79 Å². The molecule has 0 bridgehead atoms. The Bertz CT molecular complexity index is 1150. The third-order valence-electron chi connectivity index (χ3n) is 4.57. The smallest absolute Gasteiger partial charge is 0.373 e. The Kier molecular flexibility index (Phi) is 7.36. The van der Waals surface area contributed by atoms with Gasteiger partial charge in [0.1, 0.15) is 0 Å². The number of rotatable bonds is 6. The van der Waals surface area contributed by atoms with Gasteiger partial charge in [-0.15, -0.1) is 0 Å². The Morgan fingerprint density at radius 3 is 2.09 bits per heavy atom. The van der Waals surface area contributed by atoms with Crippen molar-refractivity contribution in [1.82, 2.24) is 0 Å². The minimum absolute atomic E-state index is 0.0121. The molecule has 3 rings (SSSR count). The zero-order chi connectivity index (χ0) is 24.2. The van der Waals surface area contributed by atoms with Crippen molar-refractivity contribution < 1.29 is 27.9 Å². The number of carbonyl (C=O) groups is 2. The lowest BCUT2D eigenvalue weighted by Gasteiger charge is -2.25. The van der Waals surface area contributed by atoms with Crippen LogP contribution < -0.4 is 10.6 Å². The van der Waals surface area contributed by atoms with Crippen molar-refractivity contribution in [2.75, 3.05) is 10.6 Å². The molecule has 0 aliphatic carbocycles. The minimum atomic E-state index is -5.13. The number of halogens is 4. The molecular formula is C23H18ClF3N2O3S. The van der Waals surface area contributed by atoms with Gasteiger partial charge in [-0.05, 0) is 61.5 Å². The summed E-state index contributed by atoms with van der Waals surface area (Å²) in [6, 6.07) is 20.2. The molecule has 172 valence electrons. The fourth-order valence-corrected chi connectivity index (χ4v) is 3.72. The molecule has 5 nitrogen and oxygen atoms in total. The van der Waals surface area contributed by atoms with E-state index in [-0.39, 0.29) is 16.6 Å². The lowest BCUT2D eigenvalue weighted by Crippen LogP contribution is -2.52. The number of anilines is 2. The Labute approximate surface area is 197 Å². The number of aliphatic hydroxyl groups is 1. The molecule has 33 heavy (non-hydrogen) atoms. The highest BCUT2D eigenvalue weighted by atomic mass is 35.5. The molecule has 1 unspecified atom stereocenters. The summed E-state index contributed by atoms with van der Waals surface area (Å²) in [6.45, 7) is 0.367. The van der Waals surface area contributed by atoms with E-state index in [1.807, 2.05) is 11.4 Å². The SMILES string of the molecule is CC(O)(C(=O)Nc1ccc(Sc2ccc(NC(=O)c3ccccc3)cc2)cc1Cl)C(F)(F)F. The van der Waals surface area contributed by atoms with Gasteiger partial charge in [-0.25, -0.2) is 0 Å². The number of alkyl halides is 3. The maximum atomic E-state index is 12.8. The molecule has 10 heteroatoms. The highest BCUT2D eigenvalue weighted by molar-refractivity contribution is 7.99. The first-order valence-corrected chi connectivity index (χ1v) is 10.7. The molecule has 0 spiro atoms. The molecule has 3 aromatic carbocycles. The van der Waals surface area contributed by atoms with E-state index in [0.29, 0.717) is 23.1 Å². The van der Waals surface area contributed by atoms with Gasteiger partial charge in [-0.1, -0.05) is 41.6 Å². The number of hydrogen-bond donors (Lipinski definition) is 3. The quantitative estimate of drug-likeness (QED) is 0.393. The number of carbonyl (C=O) groups excluding carboxylic acids is 2. The largest absolute Gasteiger partial charge is 0.426 e. The van der Waals surface area contributed by atoms with Crippen LogP contribution in [0.1, 0.15) is 17.3 Å². The lowest BCUT2D eigenvalue weighted by molar-refractivity contribution is -0.242. The van der Waals surface area contributed by atoms with Gasteiger partial charge in [0.15, 0.2) is 0 Å². The molecule has 0 saturated carbocycles. The van der Waals surface area contributed by atoms with E-state index in [1.165, 1.54) is 23.9 Å². The van der Waals surface area contributed by atoms with Gasteiger partial charge in [0.25, 0.3) is 11.8 Å². The summed E-state index contributed by atoms with van der Waals surface area (Å²) >= 11 is 7.43. The average molecular weight is 495 g/mol. The van der Waals surface area contributed by atoms with Gasteiger partial charge in [0.2, 0.25) is 5.60 Å². The van der Waals surface area contributed by atoms with Crippen LogP contribution in [0.2, 0.25) is 5.02 Å². The Morgan fingerprint density at radius 1 is 0.909 bits per heavy atom. The van der Waals surface area contributed by atoms with Crippen molar-refractivity contribution in [3.05, 3.63) is 83.4 Å². The Morgan fingerprint density at radius 2 is 1.52 bits per heavy atom. The van der Waals surface area contributed by atoms with E-state index in [1.54, 1.807) is 54.6 Å². The van der Waals surface area contributed by atoms with Crippen LogP contribution in [0, 0.1) is 0 Å². The summed E-state index contributed by atoms with van der Waals surface area (Å²) in [5.41, 5.74) is -2.47. The second-order valence-corrected chi connectivity index (χ2v) is 8.67. The van der Waals surface area contributed by atoms with Gasteiger partial charge in [0, 0.05) is 21.0 Å². The van der Waals surface area contributed by atoms with Crippen LogP contribution in [0.4, 0.5) is 24.5 Å². The summed E-state index contributed by atoms with van der Waals surface area (Å²) in [7, 11) is 0.